The van der Waals surface area contributed by atoms with Crippen LogP contribution in [-0.4, -0.2) is 17.2 Å². The third-order valence-electron chi connectivity index (χ3n) is 2.32. The van der Waals surface area contributed by atoms with Crippen molar-refractivity contribution in [2.45, 2.75) is 13.5 Å². The van der Waals surface area contributed by atoms with Gasteiger partial charge in [0.2, 0.25) is 5.89 Å². The Labute approximate surface area is 93.5 Å². The molecule has 0 bridgehead atoms. The van der Waals surface area contributed by atoms with Crippen LogP contribution >= 0.6 is 0 Å². The molecule has 1 heterocycles. The fourth-order valence-electron chi connectivity index (χ4n) is 1.56. The maximum Gasteiger partial charge on any atom is 0.220 e. The highest BCUT2D eigenvalue weighted by Crippen LogP contribution is 2.26. The molecule has 4 heteroatoms. The minimum absolute atomic E-state index is 0.190. The Hall–Kier alpha value is -1.81. The molecule has 0 fully saturated rings. The zero-order valence-corrected chi connectivity index (χ0v) is 9.23. The molecule has 2 aromatic rings. The summed E-state index contributed by atoms with van der Waals surface area (Å²) in [6, 6.07) is 7.56. The van der Waals surface area contributed by atoms with E-state index >= 15 is 0 Å². The molecule has 1 N–H and O–H groups in total. The summed E-state index contributed by atoms with van der Waals surface area (Å²) in [5, 5.41) is 8.94. The number of aliphatic hydroxyl groups excluding tert-OH is 1. The molecule has 1 aromatic heterocycles. The molecule has 4 nitrogen and oxygen atoms in total. The molecule has 0 saturated carbocycles. The van der Waals surface area contributed by atoms with Gasteiger partial charge in [-0.25, -0.2) is 4.98 Å². The van der Waals surface area contributed by atoms with Gasteiger partial charge in [0.1, 0.15) is 23.8 Å². The van der Waals surface area contributed by atoms with Crippen molar-refractivity contribution in [3.8, 4) is 17.0 Å². The SMILES string of the molecule is COc1cccc(-c2nc(CO)oc2C)c1. The zero-order valence-electron chi connectivity index (χ0n) is 9.23. The Morgan fingerprint density at radius 3 is 2.88 bits per heavy atom. The van der Waals surface area contributed by atoms with Gasteiger partial charge in [-0.05, 0) is 19.1 Å². The van der Waals surface area contributed by atoms with E-state index in [9.17, 15) is 0 Å². The summed E-state index contributed by atoms with van der Waals surface area (Å²) in [4.78, 5) is 4.20. The molecule has 0 amide bonds. The summed E-state index contributed by atoms with van der Waals surface area (Å²) in [6.45, 7) is 1.63. The first-order chi connectivity index (χ1) is 7.74. The molecule has 0 saturated heterocycles. The van der Waals surface area contributed by atoms with E-state index in [1.165, 1.54) is 0 Å². The van der Waals surface area contributed by atoms with Crippen LogP contribution < -0.4 is 4.74 Å². The number of ether oxygens (including phenoxy) is 1. The van der Waals surface area contributed by atoms with E-state index in [1.54, 1.807) is 7.11 Å². The van der Waals surface area contributed by atoms with Gasteiger partial charge in [0, 0.05) is 5.56 Å². The van der Waals surface area contributed by atoms with E-state index in [1.807, 2.05) is 31.2 Å². The maximum absolute atomic E-state index is 8.94. The highest BCUT2D eigenvalue weighted by atomic mass is 16.5. The van der Waals surface area contributed by atoms with Crippen molar-refractivity contribution >= 4 is 0 Å². The Kier molecular flexibility index (Phi) is 2.92. The first-order valence-electron chi connectivity index (χ1n) is 4.96. The fourth-order valence-corrected chi connectivity index (χ4v) is 1.56. The highest BCUT2D eigenvalue weighted by molar-refractivity contribution is 5.62. The van der Waals surface area contributed by atoms with Crippen LogP contribution in [-0.2, 0) is 6.61 Å². The second-order valence-electron chi connectivity index (χ2n) is 3.40. The molecule has 0 aliphatic carbocycles. The fraction of sp³-hybridized carbons (Fsp3) is 0.250. The van der Waals surface area contributed by atoms with Gasteiger partial charge in [-0.2, -0.15) is 0 Å². The molecular formula is C12H13NO3. The van der Waals surface area contributed by atoms with Crippen molar-refractivity contribution in [2.24, 2.45) is 0 Å². The number of aromatic nitrogens is 1. The minimum atomic E-state index is -0.190. The van der Waals surface area contributed by atoms with E-state index in [0.29, 0.717) is 11.7 Å². The van der Waals surface area contributed by atoms with Gasteiger partial charge in [0.25, 0.3) is 0 Å². The van der Waals surface area contributed by atoms with Crippen LogP contribution in [0.5, 0.6) is 5.75 Å². The normalized spacial score (nSPS) is 10.4. The smallest absolute Gasteiger partial charge is 0.220 e. The van der Waals surface area contributed by atoms with Crippen LogP contribution in [0.15, 0.2) is 28.7 Å². The topological polar surface area (TPSA) is 55.5 Å². The van der Waals surface area contributed by atoms with Crippen molar-refractivity contribution in [1.29, 1.82) is 0 Å². The summed E-state index contributed by atoms with van der Waals surface area (Å²) >= 11 is 0. The first-order valence-corrected chi connectivity index (χ1v) is 4.96. The Morgan fingerprint density at radius 1 is 1.44 bits per heavy atom. The molecule has 0 unspecified atom stereocenters. The lowest BCUT2D eigenvalue weighted by molar-refractivity contribution is 0.238. The van der Waals surface area contributed by atoms with Crippen LogP contribution in [0.4, 0.5) is 0 Å². The van der Waals surface area contributed by atoms with Crippen molar-refractivity contribution in [1.82, 2.24) is 4.98 Å². The molecule has 2 rings (SSSR count). The van der Waals surface area contributed by atoms with Crippen molar-refractivity contribution < 1.29 is 14.3 Å². The van der Waals surface area contributed by atoms with Crippen molar-refractivity contribution in [3.63, 3.8) is 0 Å². The maximum atomic E-state index is 8.94. The lowest BCUT2D eigenvalue weighted by atomic mass is 10.1. The number of rotatable bonds is 3. The Bertz CT molecular complexity index is 491. The number of oxazole rings is 1. The van der Waals surface area contributed by atoms with Crippen molar-refractivity contribution in [2.75, 3.05) is 7.11 Å². The largest absolute Gasteiger partial charge is 0.497 e. The predicted molar refractivity (Wildman–Crippen MR) is 59.2 cm³/mol. The lowest BCUT2D eigenvalue weighted by Crippen LogP contribution is -1.86. The average Bonchev–Trinajstić information content (AvgIpc) is 2.71. The van der Waals surface area contributed by atoms with Gasteiger partial charge in [0.05, 0.1) is 7.11 Å². The lowest BCUT2D eigenvalue weighted by Gasteiger charge is -2.01. The summed E-state index contributed by atoms with van der Waals surface area (Å²) in [5.41, 5.74) is 1.66. The third kappa shape index (κ3) is 1.92. The van der Waals surface area contributed by atoms with Gasteiger partial charge >= 0.3 is 0 Å². The number of nitrogens with zero attached hydrogens (tertiary/aromatic N) is 1. The van der Waals surface area contributed by atoms with Crippen LogP contribution in [0, 0.1) is 6.92 Å². The molecule has 84 valence electrons. The summed E-state index contributed by atoms with van der Waals surface area (Å²) in [7, 11) is 1.62. The quantitative estimate of drug-likeness (QED) is 0.859. The summed E-state index contributed by atoms with van der Waals surface area (Å²) in [6.07, 6.45) is 0. The zero-order chi connectivity index (χ0) is 11.5. The van der Waals surface area contributed by atoms with Crippen LogP contribution in [0.25, 0.3) is 11.3 Å². The second-order valence-corrected chi connectivity index (χ2v) is 3.40. The number of aryl methyl sites for hydroxylation is 1. The minimum Gasteiger partial charge on any atom is -0.497 e. The summed E-state index contributed by atoms with van der Waals surface area (Å²) < 4.78 is 10.4. The van der Waals surface area contributed by atoms with Gasteiger partial charge < -0.3 is 14.3 Å². The number of hydrogen-bond donors (Lipinski definition) is 1. The molecule has 0 atom stereocenters. The molecule has 0 aliphatic heterocycles. The number of hydrogen-bond acceptors (Lipinski definition) is 4. The summed E-state index contributed by atoms with van der Waals surface area (Å²) in [5.74, 6) is 1.79. The standard InChI is InChI=1S/C12H13NO3/c1-8-12(13-11(7-14)16-8)9-4-3-5-10(6-9)15-2/h3-6,14H,7H2,1-2H3. The highest BCUT2D eigenvalue weighted by Gasteiger charge is 2.11. The van der Waals surface area contributed by atoms with Gasteiger partial charge in [-0.15, -0.1) is 0 Å². The molecule has 16 heavy (non-hydrogen) atoms. The molecule has 0 spiro atoms. The van der Waals surface area contributed by atoms with E-state index < -0.39 is 0 Å². The third-order valence-corrected chi connectivity index (χ3v) is 2.32. The Balaban J connectivity index is 2.45. The molecule has 1 aromatic carbocycles. The van der Waals surface area contributed by atoms with E-state index in [2.05, 4.69) is 4.98 Å². The Morgan fingerprint density at radius 2 is 2.25 bits per heavy atom. The van der Waals surface area contributed by atoms with Gasteiger partial charge in [-0.1, -0.05) is 12.1 Å². The molecule has 0 radical (unpaired) electrons. The van der Waals surface area contributed by atoms with Crippen LogP contribution in [0.1, 0.15) is 11.7 Å². The first kappa shape index (κ1) is 10.7. The van der Waals surface area contributed by atoms with Crippen LogP contribution in [0.2, 0.25) is 0 Å². The average molecular weight is 219 g/mol. The van der Waals surface area contributed by atoms with Gasteiger partial charge in [0.15, 0.2) is 0 Å². The predicted octanol–water partition coefficient (Wildman–Crippen LogP) is 2.15. The number of aliphatic hydroxyl groups is 1. The van der Waals surface area contributed by atoms with E-state index in [-0.39, 0.29) is 6.61 Å². The molecule has 0 aliphatic rings. The van der Waals surface area contributed by atoms with Gasteiger partial charge in [-0.3, -0.25) is 0 Å². The molecular weight excluding hydrogens is 206 g/mol. The monoisotopic (exact) mass is 219 g/mol. The number of methoxy groups -OCH3 is 1. The number of benzene rings is 1. The second kappa shape index (κ2) is 4.37. The van der Waals surface area contributed by atoms with E-state index in [0.717, 1.165) is 17.0 Å². The van der Waals surface area contributed by atoms with Crippen molar-refractivity contribution in [3.05, 3.63) is 35.9 Å². The van der Waals surface area contributed by atoms with E-state index in [4.69, 9.17) is 14.3 Å². The van der Waals surface area contributed by atoms with Crippen LogP contribution in [0.3, 0.4) is 0 Å².